The molecule has 112 valence electrons. The van der Waals surface area contributed by atoms with E-state index in [1.165, 1.54) is 4.90 Å². The van der Waals surface area contributed by atoms with Crippen LogP contribution in [0, 0.1) is 5.92 Å². The molecule has 4 nitrogen and oxygen atoms in total. The molecule has 0 bridgehead atoms. The van der Waals surface area contributed by atoms with Crippen LogP contribution in [0.15, 0.2) is 30.3 Å². The van der Waals surface area contributed by atoms with Gasteiger partial charge in [-0.15, -0.1) is 23.2 Å². The van der Waals surface area contributed by atoms with Gasteiger partial charge >= 0.3 is 6.03 Å². The lowest BCUT2D eigenvalue weighted by atomic mass is 9.87. The Balaban J connectivity index is 1.88. The molecule has 1 heterocycles. The molecule has 1 aromatic carbocycles. The Morgan fingerprint density at radius 3 is 2.43 bits per heavy atom. The van der Waals surface area contributed by atoms with Gasteiger partial charge in [-0.05, 0) is 18.4 Å². The van der Waals surface area contributed by atoms with Gasteiger partial charge < -0.3 is 5.32 Å². The maximum Gasteiger partial charge on any atom is 0.325 e. The van der Waals surface area contributed by atoms with Gasteiger partial charge in [0.1, 0.15) is 9.87 Å². The molecule has 2 unspecified atom stereocenters. The second-order valence-electron chi connectivity index (χ2n) is 5.63. The van der Waals surface area contributed by atoms with Gasteiger partial charge in [-0.2, -0.15) is 0 Å². The highest BCUT2D eigenvalue weighted by atomic mass is 35.5. The summed E-state index contributed by atoms with van der Waals surface area (Å²) in [7, 11) is 0. The molecule has 2 atom stereocenters. The average Bonchev–Trinajstić information content (AvgIpc) is 3.00. The lowest BCUT2D eigenvalue weighted by Gasteiger charge is -2.25. The van der Waals surface area contributed by atoms with E-state index in [1.807, 2.05) is 37.3 Å². The van der Waals surface area contributed by atoms with Crippen molar-refractivity contribution in [2.45, 2.75) is 29.6 Å². The summed E-state index contributed by atoms with van der Waals surface area (Å²) in [5.74, 6) is -0.267. The van der Waals surface area contributed by atoms with Gasteiger partial charge in [0.2, 0.25) is 0 Å². The largest absolute Gasteiger partial charge is 0.325 e. The lowest BCUT2D eigenvalue weighted by molar-refractivity contribution is -0.132. The van der Waals surface area contributed by atoms with E-state index >= 15 is 0 Å². The molecule has 3 amide bonds. The summed E-state index contributed by atoms with van der Waals surface area (Å²) in [6.45, 7) is 2.16. The standard InChI is InChI=1S/C15H16Cl2N2O2/c1-2-14(10-6-4-3-5-7-10)12(20)19(13(21)18-14)9-11-8-15(11,16)17/h3-7,11H,2,8-9H2,1H3,(H,18,21). The minimum absolute atomic E-state index is 0.0426. The van der Waals surface area contributed by atoms with Crippen LogP contribution in [-0.2, 0) is 10.3 Å². The SMILES string of the molecule is CCC1(c2ccccc2)NC(=O)N(CC2CC2(Cl)Cl)C1=O. The number of nitrogens with one attached hydrogen (secondary N) is 1. The van der Waals surface area contributed by atoms with Crippen LogP contribution in [0.1, 0.15) is 25.3 Å². The van der Waals surface area contributed by atoms with E-state index < -0.39 is 9.87 Å². The van der Waals surface area contributed by atoms with Crippen LogP contribution in [-0.4, -0.2) is 27.7 Å². The van der Waals surface area contributed by atoms with E-state index in [9.17, 15) is 9.59 Å². The zero-order chi connectivity index (χ0) is 15.3. The Kier molecular flexibility index (Phi) is 3.41. The minimum Gasteiger partial charge on any atom is -0.319 e. The van der Waals surface area contributed by atoms with E-state index in [-0.39, 0.29) is 24.4 Å². The van der Waals surface area contributed by atoms with Crippen molar-refractivity contribution in [3.63, 3.8) is 0 Å². The molecule has 2 aliphatic rings. The maximum absolute atomic E-state index is 12.8. The summed E-state index contributed by atoms with van der Waals surface area (Å²) in [6.07, 6.45) is 1.10. The Bertz CT molecular complexity index is 591. The molecule has 1 N–H and O–H groups in total. The van der Waals surface area contributed by atoms with Crippen LogP contribution < -0.4 is 5.32 Å². The number of urea groups is 1. The van der Waals surface area contributed by atoms with Crippen molar-refractivity contribution in [2.24, 2.45) is 5.92 Å². The number of nitrogens with zero attached hydrogens (tertiary/aromatic N) is 1. The summed E-state index contributed by atoms with van der Waals surface area (Å²) in [5.41, 5.74) is -0.179. The predicted octanol–water partition coefficient (Wildman–Crippen LogP) is 3.04. The molecular formula is C15H16Cl2N2O2. The van der Waals surface area contributed by atoms with Crippen LogP contribution in [0.25, 0.3) is 0 Å². The van der Waals surface area contributed by atoms with Gasteiger partial charge in [0, 0.05) is 12.5 Å². The highest BCUT2D eigenvalue weighted by molar-refractivity contribution is 6.50. The zero-order valence-electron chi connectivity index (χ0n) is 11.6. The van der Waals surface area contributed by atoms with Gasteiger partial charge in [-0.3, -0.25) is 9.69 Å². The number of alkyl halides is 2. The first kappa shape index (κ1) is 14.7. The second-order valence-corrected chi connectivity index (χ2v) is 7.18. The van der Waals surface area contributed by atoms with Gasteiger partial charge in [-0.25, -0.2) is 4.79 Å². The Hall–Kier alpha value is -1.26. The molecule has 1 saturated heterocycles. The van der Waals surface area contributed by atoms with Crippen molar-refractivity contribution in [3.05, 3.63) is 35.9 Å². The first-order chi connectivity index (χ1) is 9.90. The fraction of sp³-hybridized carbons (Fsp3) is 0.467. The van der Waals surface area contributed by atoms with Gasteiger partial charge in [-0.1, -0.05) is 37.3 Å². The number of imide groups is 1. The Morgan fingerprint density at radius 2 is 1.90 bits per heavy atom. The summed E-state index contributed by atoms with van der Waals surface area (Å²) < 4.78 is -0.801. The van der Waals surface area contributed by atoms with Crippen LogP contribution >= 0.6 is 23.2 Å². The number of carbonyl (C=O) groups excluding carboxylic acids is 2. The Labute approximate surface area is 133 Å². The van der Waals surface area contributed by atoms with E-state index in [1.54, 1.807) is 0 Å². The smallest absolute Gasteiger partial charge is 0.319 e. The fourth-order valence-electron chi connectivity index (χ4n) is 2.84. The summed E-state index contributed by atoms with van der Waals surface area (Å²) in [4.78, 5) is 26.3. The van der Waals surface area contributed by atoms with Gasteiger partial charge in [0.15, 0.2) is 0 Å². The van der Waals surface area contributed by atoms with E-state index in [2.05, 4.69) is 5.32 Å². The van der Waals surface area contributed by atoms with E-state index in [4.69, 9.17) is 23.2 Å². The number of hydrogen-bond donors (Lipinski definition) is 1. The van der Waals surface area contributed by atoms with Crippen LogP contribution in [0.4, 0.5) is 4.79 Å². The molecule has 0 aromatic heterocycles. The average molecular weight is 327 g/mol. The topological polar surface area (TPSA) is 49.4 Å². The molecule has 2 fully saturated rings. The highest BCUT2D eigenvalue weighted by Crippen LogP contribution is 2.53. The lowest BCUT2D eigenvalue weighted by Crippen LogP contribution is -2.43. The molecule has 1 aromatic rings. The normalized spacial score (nSPS) is 30.4. The van der Waals surface area contributed by atoms with Gasteiger partial charge in [0.05, 0.1) is 0 Å². The van der Waals surface area contributed by atoms with Crippen LogP contribution in [0.3, 0.4) is 0 Å². The first-order valence-corrected chi connectivity index (χ1v) is 7.74. The van der Waals surface area contributed by atoms with Crippen LogP contribution in [0.5, 0.6) is 0 Å². The summed E-state index contributed by atoms with van der Waals surface area (Å²) in [5, 5.41) is 2.84. The number of halogens is 2. The molecule has 1 aliphatic heterocycles. The zero-order valence-corrected chi connectivity index (χ0v) is 13.1. The summed E-state index contributed by atoms with van der Waals surface area (Å²) >= 11 is 12.0. The third-order valence-corrected chi connectivity index (χ3v) is 5.26. The molecule has 0 radical (unpaired) electrons. The van der Waals surface area contributed by atoms with E-state index in [0.717, 1.165) is 5.56 Å². The predicted molar refractivity (Wildman–Crippen MR) is 81.2 cm³/mol. The maximum atomic E-state index is 12.8. The Morgan fingerprint density at radius 1 is 1.29 bits per heavy atom. The van der Waals surface area contributed by atoms with E-state index in [0.29, 0.717) is 12.8 Å². The molecule has 21 heavy (non-hydrogen) atoms. The molecule has 1 aliphatic carbocycles. The third kappa shape index (κ3) is 2.30. The summed E-state index contributed by atoms with van der Waals surface area (Å²) in [6, 6.07) is 8.94. The quantitative estimate of drug-likeness (QED) is 0.683. The van der Waals surface area contributed by atoms with Crippen LogP contribution in [0.2, 0.25) is 0 Å². The molecule has 3 rings (SSSR count). The number of carbonyl (C=O) groups is 2. The number of benzene rings is 1. The molecule has 1 saturated carbocycles. The molecule has 6 heteroatoms. The molecular weight excluding hydrogens is 311 g/mol. The van der Waals surface area contributed by atoms with Crippen molar-refractivity contribution >= 4 is 35.1 Å². The minimum atomic E-state index is -0.978. The van der Waals surface area contributed by atoms with Crippen molar-refractivity contribution < 1.29 is 9.59 Å². The number of amides is 3. The van der Waals surface area contributed by atoms with Crippen molar-refractivity contribution in [1.82, 2.24) is 10.2 Å². The molecule has 0 spiro atoms. The van der Waals surface area contributed by atoms with Crippen molar-refractivity contribution in [2.75, 3.05) is 6.54 Å². The third-order valence-electron chi connectivity index (χ3n) is 4.33. The fourth-order valence-corrected chi connectivity index (χ4v) is 3.35. The van der Waals surface area contributed by atoms with Crippen molar-refractivity contribution in [3.8, 4) is 0 Å². The van der Waals surface area contributed by atoms with Crippen molar-refractivity contribution in [1.29, 1.82) is 0 Å². The van der Waals surface area contributed by atoms with Gasteiger partial charge in [0.25, 0.3) is 5.91 Å². The number of rotatable bonds is 4. The first-order valence-electron chi connectivity index (χ1n) is 6.98. The number of hydrogen-bond acceptors (Lipinski definition) is 2. The monoisotopic (exact) mass is 326 g/mol. The highest BCUT2D eigenvalue weighted by Gasteiger charge is 2.57. The second kappa shape index (κ2) is 4.89.